The Morgan fingerprint density at radius 2 is 1.45 bits per heavy atom. The zero-order chi connectivity index (χ0) is 28.3. The molecule has 0 spiro atoms. The Balaban J connectivity index is 0.00000400. The van der Waals surface area contributed by atoms with Gasteiger partial charge in [-0.15, -0.1) is 10.2 Å². The van der Waals surface area contributed by atoms with Gasteiger partial charge in [0.1, 0.15) is 20.2 Å². The molecule has 198 valence electrons. The first-order chi connectivity index (χ1) is 17.7. The zero-order valence-electron chi connectivity index (χ0n) is 20.3. The van der Waals surface area contributed by atoms with Crippen molar-refractivity contribution in [3.63, 3.8) is 0 Å². The standard InChI is InChI=1S/C19H13IN6O10S2.2Na/c20-11-1-3-12(4-2-11)21-23-19(15-7-6-14(37(31,32)33)10-18(15)38(34,35)36)24-22-16-8-5-13(25(27)28)9-17(16)26(29)30;;/h1-10,21H,(H,31,32,33)(H,34,35,36);;/q;2*+1/p-2. The number of rotatable bonds is 8. The quantitative estimate of drug-likeness (QED) is 0.0372. The van der Waals surface area contributed by atoms with Crippen molar-refractivity contribution >= 4 is 71.4 Å². The van der Waals surface area contributed by atoms with E-state index in [2.05, 4.69) is 20.8 Å². The van der Waals surface area contributed by atoms with Crippen molar-refractivity contribution in [2.24, 2.45) is 15.3 Å². The molecule has 0 aliphatic heterocycles. The van der Waals surface area contributed by atoms with Gasteiger partial charge >= 0.3 is 64.8 Å². The van der Waals surface area contributed by atoms with E-state index in [4.69, 9.17) is 0 Å². The van der Waals surface area contributed by atoms with E-state index < -0.39 is 68.3 Å². The molecule has 0 saturated heterocycles. The van der Waals surface area contributed by atoms with Gasteiger partial charge in [-0.3, -0.25) is 25.7 Å². The maximum Gasteiger partial charge on any atom is 1.00 e. The average Bonchev–Trinajstić information content (AvgIpc) is 2.83. The Labute approximate surface area is 283 Å². The minimum atomic E-state index is -5.42. The number of hydrogen-bond acceptors (Lipinski definition) is 13. The van der Waals surface area contributed by atoms with E-state index in [1.54, 1.807) is 24.3 Å². The van der Waals surface area contributed by atoms with Gasteiger partial charge in [-0.2, -0.15) is 5.10 Å². The smallest absolute Gasteiger partial charge is 0.744 e. The number of hydrogen-bond donors (Lipinski definition) is 1. The normalized spacial score (nSPS) is 11.8. The molecule has 3 aromatic carbocycles. The van der Waals surface area contributed by atoms with Gasteiger partial charge in [-0.1, -0.05) is 0 Å². The molecule has 0 atom stereocenters. The molecule has 0 fully saturated rings. The van der Waals surface area contributed by atoms with Crippen LogP contribution in [0.25, 0.3) is 0 Å². The van der Waals surface area contributed by atoms with Gasteiger partial charge in [-0.05, 0) is 71.1 Å². The molecule has 1 N–H and O–H groups in total. The fourth-order valence-electron chi connectivity index (χ4n) is 2.79. The Bertz CT molecular complexity index is 1720. The number of nitro benzene ring substituents is 2. The first-order valence-corrected chi connectivity index (χ1v) is 13.6. The Hall–Kier alpha value is -1.92. The molecule has 0 unspecified atom stereocenters. The predicted molar refractivity (Wildman–Crippen MR) is 136 cm³/mol. The second-order valence-electron chi connectivity index (χ2n) is 7.01. The van der Waals surface area contributed by atoms with Crippen LogP contribution in [-0.2, 0) is 20.2 Å². The molecule has 3 rings (SSSR count). The summed E-state index contributed by atoms with van der Waals surface area (Å²) in [6, 6.07) is 10.7. The van der Waals surface area contributed by atoms with Crippen molar-refractivity contribution in [3.8, 4) is 0 Å². The molecule has 0 radical (unpaired) electrons. The van der Waals surface area contributed by atoms with E-state index in [0.29, 0.717) is 23.9 Å². The van der Waals surface area contributed by atoms with Crippen LogP contribution in [-0.4, -0.2) is 41.6 Å². The van der Waals surface area contributed by atoms with Gasteiger partial charge in [0.05, 0.1) is 31.4 Å². The zero-order valence-corrected chi connectivity index (χ0v) is 28.1. The maximum atomic E-state index is 11.9. The third kappa shape index (κ3) is 9.58. The first-order valence-electron chi connectivity index (χ1n) is 9.67. The van der Waals surface area contributed by atoms with Crippen molar-refractivity contribution in [1.29, 1.82) is 0 Å². The summed E-state index contributed by atoms with van der Waals surface area (Å²) in [5.74, 6) is -0.666. The Morgan fingerprint density at radius 1 is 0.825 bits per heavy atom. The van der Waals surface area contributed by atoms with Crippen LogP contribution in [0.1, 0.15) is 5.56 Å². The third-order valence-electron chi connectivity index (χ3n) is 4.51. The first kappa shape index (κ1) is 36.1. The van der Waals surface area contributed by atoms with E-state index >= 15 is 0 Å². The van der Waals surface area contributed by atoms with E-state index in [1.165, 1.54) is 0 Å². The minimum Gasteiger partial charge on any atom is -0.744 e. The van der Waals surface area contributed by atoms with Crippen LogP contribution < -0.4 is 64.5 Å². The van der Waals surface area contributed by atoms with Crippen molar-refractivity contribution < 1.29 is 94.9 Å². The summed E-state index contributed by atoms with van der Waals surface area (Å²) in [5, 5.41) is 33.6. The van der Waals surface area contributed by atoms with Gasteiger partial charge < -0.3 is 9.11 Å². The SMILES string of the molecule is O=[N+]([O-])c1ccc(N=NC(=NNc2ccc(I)cc2)c2ccc(S(=O)(=O)[O-])cc2S(=O)(=O)[O-])c([N+](=O)[O-])c1.[Na+].[Na+]. The van der Waals surface area contributed by atoms with Crippen LogP contribution in [0.5, 0.6) is 0 Å². The number of non-ortho nitro benzene ring substituents is 1. The molecule has 40 heavy (non-hydrogen) atoms. The second-order valence-corrected chi connectivity index (χ2v) is 11.0. The topological polar surface area (TPSA) is 250 Å². The number of azo groups is 1. The average molecular weight is 720 g/mol. The molecule has 16 nitrogen and oxygen atoms in total. The van der Waals surface area contributed by atoms with Gasteiger partial charge in [0, 0.05) is 15.2 Å². The van der Waals surface area contributed by atoms with Crippen molar-refractivity contribution in [3.05, 3.63) is 90.0 Å². The molecule has 0 aliphatic rings. The summed E-state index contributed by atoms with van der Waals surface area (Å²) >= 11 is 2.03. The van der Waals surface area contributed by atoms with Crippen LogP contribution in [0.15, 0.2) is 85.8 Å². The van der Waals surface area contributed by atoms with Gasteiger partial charge in [0.25, 0.3) is 5.69 Å². The molecule has 0 aromatic heterocycles. The van der Waals surface area contributed by atoms with Gasteiger partial charge in [0.2, 0.25) is 5.84 Å². The molecule has 21 heteroatoms. The van der Waals surface area contributed by atoms with Crippen molar-refractivity contribution in [1.82, 2.24) is 0 Å². The number of anilines is 1. The molecule has 0 amide bonds. The molecular weight excluding hydrogens is 709 g/mol. The summed E-state index contributed by atoms with van der Waals surface area (Å²) < 4.78 is 70.7. The molecule has 0 bridgehead atoms. The van der Waals surface area contributed by atoms with E-state index in [1.807, 2.05) is 22.6 Å². The van der Waals surface area contributed by atoms with Crippen molar-refractivity contribution in [2.45, 2.75) is 9.79 Å². The molecular formula is C19H11IN6Na2O10S2. The van der Waals surface area contributed by atoms with Crippen LogP contribution in [0.2, 0.25) is 0 Å². The summed E-state index contributed by atoms with van der Waals surface area (Å²) in [6.07, 6.45) is 0. The van der Waals surface area contributed by atoms with Gasteiger partial charge in [-0.25, -0.2) is 16.8 Å². The van der Waals surface area contributed by atoms with E-state index in [0.717, 1.165) is 21.8 Å². The number of benzene rings is 3. The monoisotopic (exact) mass is 720 g/mol. The second kappa shape index (κ2) is 14.8. The van der Waals surface area contributed by atoms with Crippen molar-refractivity contribution in [2.75, 3.05) is 5.43 Å². The van der Waals surface area contributed by atoms with Gasteiger partial charge in [0.15, 0.2) is 5.69 Å². The predicted octanol–water partition coefficient (Wildman–Crippen LogP) is -2.52. The molecule has 3 aromatic rings. The maximum absolute atomic E-state index is 11.9. The summed E-state index contributed by atoms with van der Waals surface area (Å²) in [7, 11) is -10.6. The summed E-state index contributed by atoms with van der Waals surface area (Å²) in [4.78, 5) is 18.3. The molecule has 0 heterocycles. The molecule has 0 aliphatic carbocycles. The largest absolute Gasteiger partial charge is 1.00 e. The van der Waals surface area contributed by atoms with E-state index in [9.17, 15) is 46.2 Å². The number of nitrogens with one attached hydrogen (secondary N) is 1. The number of nitro groups is 2. The summed E-state index contributed by atoms with van der Waals surface area (Å²) in [6.45, 7) is 0. The summed E-state index contributed by atoms with van der Waals surface area (Å²) in [5.41, 5.74) is 0.349. The Kier molecular flexibility index (Phi) is 13.4. The fourth-order valence-corrected chi connectivity index (χ4v) is 4.42. The minimum absolute atomic E-state index is 0. The number of nitrogens with zero attached hydrogens (tertiary/aromatic N) is 5. The third-order valence-corrected chi connectivity index (χ3v) is 6.93. The molecule has 0 saturated carbocycles. The van der Waals surface area contributed by atoms with Crippen LogP contribution in [0, 0.1) is 23.8 Å². The number of halogens is 1. The van der Waals surface area contributed by atoms with E-state index in [-0.39, 0.29) is 59.1 Å². The van der Waals surface area contributed by atoms with Crippen LogP contribution in [0.3, 0.4) is 0 Å². The fraction of sp³-hybridized carbons (Fsp3) is 0. The number of amidine groups is 1. The number of hydrazone groups is 1. The van der Waals surface area contributed by atoms with Crippen LogP contribution >= 0.6 is 22.6 Å². The Morgan fingerprint density at radius 3 is 1.98 bits per heavy atom. The van der Waals surface area contributed by atoms with Crippen LogP contribution in [0.4, 0.5) is 22.7 Å².